The summed E-state index contributed by atoms with van der Waals surface area (Å²) < 4.78 is 25.8. The van der Waals surface area contributed by atoms with Crippen LogP contribution in [0.3, 0.4) is 0 Å². The van der Waals surface area contributed by atoms with Crippen molar-refractivity contribution in [1.82, 2.24) is 0 Å². The zero-order valence-corrected chi connectivity index (χ0v) is 10.0. The van der Waals surface area contributed by atoms with Crippen LogP contribution in [0.5, 0.6) is 0 Å². The Hall–Kier alpha value is -1.55. The fraction of sp³-hybridized carbons (Fsp3) is 0.0769. The van der Waals surface area contributed by atoms with Crippen LogP contribution < -0.4 is 5.73 Å². The summed E-state index contributed by atoms with van der Waals surface area (Å²) in [6, 6.07) is 9.39. The topological polar surface area (TPSA) is 26.0 Å². The highest BCUT2D eigenvalue weighted by molar-refractivity contribution is 7.99. The number of nitrogens with two attached hydrogens (primary N) is 1. The maximum Gasteiger partial charge on any atom is 0.159 e. The molecule has 2 rings (SSSR count). The van der Waals surface area contributed by atoms with Crippen LogP contribution in [0.4, 0.5) is 14.5 Å². The lowest BCUT2D eigenvalue weighted by atomic mass is 10.2. The Morgan fingerprint density at radius 3 is 2.47 bits per heavy atom. The van der Waals surface area contributed by atoms with Gasteiger partial charge in [0.1, 0.15) is 0 Å². The van der Waals surface area contributed by atoms with Crippen molar-refractivity contribution in [3.63, 3.8) is 0 Å². The van der Waals surface area contributed by atoms with E-state index in [1.54, 1.807) is 6.07 Å². The molecular weight excluding hydrogens is 240 g/mol. The molecule has 0 saturated carbocycles. The molecule has 2 N–H and O–H groups in total. The first-order valence-electron chi connectivity index (χ1n) is 5.05. The molecule has 88 valence electrons. The largest absolute Gasteiger partial charge is 0.399 e. The van der Waals surface area contributed by atoms with Crippen molar-refractivity contribution in [2.45, 2.75) is 16.7 Å². The quantitative estimate of drug-likeness (QED) is 0.816. The lowest BCUT2D eigenvalue weighted by Gasteiger charge is -2.06. The van der Waals surface area contributed by atoms with Gasteiger partial charge in [-0.1, -0.05) is 17.8 Å². The van der Waals surface area contributed by atoms with Crippen LogP contribution >= 0.6 is 11.8 Å². The van der Waals surface area contributed by atoms with Crippen molar-refractivity contribution in [2.24, 2.45) is 0 Å². The number of anilines is 1. The minimum Gasteiger partial charge on any atom is -0.399 e. The average Bonchev–Trinajstić information content (AvgIpc) is 2.29. The molecule has 0 aliphatic carbocycles. The van der Waals surface area contributed by atoms with E-state index in [1.807, 2.05) is 25.1 Å². The SMILES string of the molecule is Cc1ccc(N)cc1Sc1ccc(F)c(F)c1. The molecule has 0 radical (unpaired) electrons. The van der Waals surface area contributed by atoms with Crippen LogP contribution in [-0.4, -0.2) is 0 Å². The molecule has 0 saturated heterocycles. The van der Waals surface area contributed by atoms with Crippen LogP contribution in [0.2, 0.25) is 0 Å². The van der Waals surface area contributed by atoms with E-state index in [0.29, 0.717) is 10.6 Å². The summed E-state index contributed by atoms with van der Waals surface area (Å²) in [7, 11) is 0. The first-order chi connectivity index (χ1) is 8.06. The van der Waals surface area contributed by atoms with E-state index in [1.165, 1.54) is 17.8 Å². The van der Waals surface area contributed by atoms with Gasteiger partial charge in [-0.15, -0.1) is 0 Å². The second-order valence-corrected chi connectivity index (χ2v) is 4.82. The van der Waals surface area contributed by atoms with E-state index >= 15 is 0 Å². The highest BCUT2D eigenvalue weighted by atomic mass is 32.2. The maximum atomic E-state index is 13.0. The highest BCUT2D eigenvalue weighted by Crippen LogP contribution is 2.32. The molecule has 17 heavy (non-hydrogen) atoms. The first kappa shape index (κ1) is 11.9. The van der Waals surface area contributed by atoms with Gasteiger partial charge >= 0.3 is 0 Å². The standard InChI is InChI=1S/C13H11F2NS/c1-8-2-3-9(16)6-13(8)17-10-4-5-11(14)12(15)7-10/h2-7H,16H2,1H3. The summed E-state index contributed by atoms with van der Waals surface area (Å²) >= 11 is 1.36. The summed E-state index contributed by atoms with van der Waals surface area (Å²) in [6.07, 6.45) is 0. The molecule has 0 heterocycles. The van der Waals surface area contributed by atoms with E-state index in [4.69, 9.17) is 5.73 Å². The number of rotatable bonds is 2. The molecule has 0 aliphatic heterocycles. The van der Waals surface area contributed by atoms with Gasteiger partial charge in [0.05, 0.1) is 0 Å². The smallest absolute Gasteiger partial charge is 0.159 e. The van der Waals surface area contributed by atoms with E-state index in [9.17, 15) is 8.78 Å². The van der Waals surface area contributed by atoms with Gasteiger partial charge in [0.2, 0.25) is 0 Å². The van der Waals surface area contributed by atoms with Crippen molar-refractivity contribution >= 4 is 17.4 Å². The fourth-order valence-electron chi connectivity index (χ4n) is 1.39. The number of aryl methyl sites for hydroxylation is 1. The van der Waals surface area contributed by atoms with E-state index < -0.39 is 11.6 Å². The summed E-state index contributed by atoms with van der Waals surface area (Å²) in [6.45, 7) is 1.95. The van der Waals surface area contributed by atoms with Gasteiger partial charge < -0.3 is 5.73 Å². The van der Waals surface area contributed by atoms with Gasteiger partial charge in [-0.2, -0.15) is 0 Å². The Morgan fingerprint density at radius 1 is 1.00 bits per heavy atom. The van der Waals surface area contributed by atoms with Crippen molar-refractivity contribution in [3.8, 4) is 0 Å². The number of halogens is 2. The predicted molar refractivity (Wildman–Crippen MR) is 66.1 cm³/mol. The fourth-order valence-corrected chi connectivity index (χ4v) is 2.37. The molecule has 4 heteroatoms. The van der Waals surface area contributed by atoms with Gasteiger partial charge in [-0.25, -0.2) is 8.78 Å². The van der Waals surface area contributed by atoms with Gasteiger partial charge in [0, 0.05) is 15.5 Å². The molecule has 0 bridgehead atoms. The molecule has 0 fully saturated rings. The van der Waals surface area contributed by atoms with Gasteiger partial charge in [0.15, 0.2) is 11.6 Å². The number of nitrogen functional groups attached to an aromatic ring is 1. The Kier molecular flexibility index (Phi) is 3.33. The van der Waals surface area contributed by atoms with Crippen LogP contribution in [0, 0.1) is 18.6 Å². The third kappa shape index (κ3) is 2.77. The van der Waals surface area contributed by atoms with E-state index in [2.05, 4.69) is 0 Å². The summed E-state index contributed by atoms with van der Waals surface area (Å²) in [5.74, 6) is -1.67. The molecule has 0 amide bonds. The molecule has 0 unspecified atom stereocenters. The normalized spacial score (nSPS) is 10.5. The molecule has 2 aromatic rings. The molecular formula is C13H11F2NS. The summed E-state index contributed by atoms with van der Waals surface area (Å²) in [5.41, 5.74) is 7.39. The van der Waals surface area contributed by atoms with Crippen LogP contribution in [0.15, 0.2) is 46.2 Å². The Bertz CT molecular complexity index is 555. The monoisotopic (exact) mass is 251 g/mol. The van der Waals surface area contributed by atoms with Crippen molar-refractivity contribution in [1.29, 1.82) is 0 Å². The average molecular weight is 251 g/mol. The molecule has 0 aliphatic rings. The van der Waals surface area contributed by atoms with Gasteiger partial charge in [-0.05, 0) is 42.8 Å². The highest BCUT2D eigenvalue weighted by Gasteiger charge is 2.06. The van der Waals surface area contributed by atoms with E-state index in [0.717, 1.165) is 16.5 Å². The number of benzene rings is 2. The second kappa shape index (κ2) is 4.75. The summed E-state index contributed by atoms with van der Waals surface area (Å²) in [5, 5.41) is 0. The number of hydrogen-bond acceptors (Lipinski definition) is 2. The number of hydrogen-bond donors (Lipinski definition) is 1. The Morgan fingerprint density at radius 2 is 1.76 bits per heavy atom. The predicted octanol–water partition coefficient (Wildman–Crippen LogP) is 4.01. The maximum absolute atomic E-state index is 13.0. The molecule has 0 atom stereocenters. The van der Waals surface area contributed by atoms with E-state index in [-0.39, 0.29) is 0 Å². The lowest BCUT2D eigenvalue weighted by Crippen LogP contribution is -1.88. The van der Waals surface area contributed by atoms with Gasteiger partial charge in [0.25, 0.3) is 0 Å². The Labute approximate surface area is 103 Å². The third-order valence-electron chi connectivity index (χ3n) is 2.33. The minimum atomic E-state index is -0.837. The van der Waals surface area contributed by atoms with Crippen LogP contribution in [0.1, 0.15) is 5.56 Å². The van der Waals surface area contributed by atoms with Crippen molar-refractivity contribution in [3.05, 3.63) is 53.6 Å². The van der Waals surface area contributed by atoms with Crippen LogP contribution in [0.25, 0.3) is 0 Å². The van der Waals surface area contributed by atoms with Crippen molar-refractivity contribution < 1.29 is 8.78 Å². The van der Waals surface area contributed by atoms with Crippen LogP contribution in [-0.2, 0) is 0 Å². The zero-order valence-electron chi connectivity index (χ0n) is 9.21. The first-order valence-corrected chi connectivity index (χ1v) is 5.87. The molecule has 1 nitrogen and oxygen atoms in total. The van der Waals surface area contributed by atoms with Gasteiger partial charge in [-0.3, -0.25) is 0 Å². The van der Waals surface area contributed by atoms with Crippen molar-refractivity contribution in [2.75, 3.05) is 5.73 Å². The Balaban J connectivity index is 2.31. The second-order valence-electron chi connectivity index (χ2n) is 3.70. The molecule has 0 aromatic heterocycles. The molecule has 2 aromatic carbocycles. The third-order valence-corrected chi connectivity index (χ3v) is 3.48. The molecule has 0 spiro atoms. The minimum absolute atomic E-state index is 0.651. The lowest BCUT2D eigenvalue weighted by molar-refractivity contribution is 0.506. The zero-order chi connectivity index (χ0) is 12.4. The summed E-state index contributed by atoms with van der Waals surface area (Å²) in [4.78, 5) is 1.59.